The fourth-order valence-corrected chi connectivity index (χ4v) is 3.92. The van der Waals surface area contributed by atoms with Crippen LogP contribution in [0.4, 0.5) is 0 Å². The average molecular weight is 511 g/mol. The largest absolute Gasteiger partial charge is 0.494 e. The zero-order chi connectivity index (χ0) is 26.6. The molecule has 0 spiro atoms. The number of amides is 1. The van der Waals surface area contributed by atoms with E-state index in [1.807, 2.05) is 84.9 Å². The second-order valence-corrected chi connectivity index (χ2v) is 8.73. The zero-order valence-electron chi connectivity index (χ0n) is 21.0. The number of hydrogen-bond donors (Lipinski definition) is 2. The van der Waals surface area contributed by atoms with Gasteiger partial charge in [-0.1, -0.05) is 48.5 Å². The van der Waals surface area contributed by atoms with Gasteiger partial charge in [0.1, 0.15) is 18.1 Å². The molecule has 4 rings (SSSR count). The highest BCUT2D eigenvalue weighted by Gasteiger charge is 2.18. The van der Waals surface area contributed by atoms with Crippen LogP contribution in [-0.2, 0) is 11.2 Å². The highest BCUT2D eigenvalue weighted by atomic mass is 16.5. The van der Waals surface area contributed by atoms with E-state index in [2.05, 4.69) is 10.3 Å². The fourth-order valence-electron chi connectivity index (χ4n) is 3.92. The summed E-state index contributed by atoms with van der Waals surface area (Å²) < 4.78 is 11.4. The molecule has 1 amide bonds. The molecule has 1 unspecified atom stereocenters. The molecule has 0 fully saturated rings. The van der Waals surface area contributed by atoms with Crippen LogP contribution in [0.5, 0.6) is 11.5 Å². The highest BCUT2D eigenvalue weighted by Crippen LogP contribution is 2.19. The van der Waals surface area contributed by atoms with Crippen LogP contribution in [0.1, 0.15) is 22.3 Å². The molecule has 194 valence electrons. The summed E-state index contributed by atoms with van der Waals surface area (Å²) in [7, 11) is 0. The molecule has 0 aliphatic carbocycles. The lowest BCUT2D eigenvalue weighted by atomic mass is 9.96. The smallest absolute Gasteiger partial charge is 0.306 e. The lowest BCUT2D eigenvalue weighted by Crippen LogP contribution is -2.28. The third-order valence-electron chi connectivity index (χ3n) is 6.00. The number of aromatic nitrogens is 1. The van der Waals surface area contributed by atoms with Gasteiger partial charge in [0.2, 0.25) is 0 Å². The maximum atomic E-state index is 12.4. The number of rotatable bonds is 13. The number of aliphatic carboxylic acids is 1. The van der Waals surface area contributed by atoms with Gasteiger partial charge < -0.3 is 19.9 Å². The summed E-state index contributed by atoms with van der Waals surface area (Å²) in [6, 6.07) is 29.7. The minimum Gasteiger partial charge on any atom is -0.494 e. The first-order valence-electron chi connectivity index (χ1n) is 12.5. The van der Waals surface area contributed by atoms with E-state index in [1.165, 1.54) is 0 Å². The number of benzene rings is 3. The summed E-state index contributed by atoms with van der Waals surface area (Å²) >= 11 is 0. The van der Waals surface area contributed by atoms with E-state index in [0.29, 0.717) is 43.9 Å². The first-order chi connectivity index (χ1) is 18.6. The van der Waals surface area contributed by atoms with E-state index < -0.39 is 11.9 Å². The highest BCUT2D eigenvalue weighted by molar-refractivity contribution is 5.94. The summed E-state index contributed by atoms with van der Waals surface area (Å²) in [5, 5.41) is 12.5. The topological polar surface area (TPSA) is 97.8 Å². The van der Waals surface area contributed by atoms with Crippen molar-refractivity contribution < 1.29 is 24.2 Å². The van der Waals surface area contributed by atoms with Crippen LogP contribution >= 0.6 is 0 Å². The van der Waals surface area contributed by atoms with Crippen LogP contribution in [0.2, 0.25) is 0 Å². The van der Waals surface area contributed by atoms with E-state index in [-0.39, 0.29) is 5.91 Å². The summed E-state index contributed by atoms with van der Waals surface area (Å²) in [6.07, 6.45) is 2.55. The maximum Gasteiger partial charge on any atom is 0.306 e. The Labute approximate surface area is 222 Å². The summed E-state index contributed by atoms with van der Waals surface area (Å²) in [5.74, 6) is -0.176. The molecule has 2 N–H and O–H groups in total. The third-order valence-corrected chi connectivity index (χ3v) is 6.00. The normalized spacial score (nSPS) is 11.4. The van der Waals surface area contributed by atoms with Crippen LogP contribution in [0.3, 0.4) is 0 Å². The van der Waals surface area contributed by atoms with Crippen molar-refractivity contribution in [1.29, 1.82) is 0 Å². The van der Waals surface area contributed by atoms with Crippen molar-refractivity contribution in [2.45, 2.75) is 12.8 Å². The molecule has 1 aromatic heterocycles. The Balaban J connectivity index is 1.18. The van der Waals surface area contributed by atoms with Gasteiger partial charge in [0.05, 0.1) is 24.8 Å². The van der Waals surface area contributed by atoms with Crippen LogP contribution < -0.4 is 14.8 Å². The number of nitrogens with zero attached hydrogens (tertiary/aromatic N) is 1. The molecule has 0 saturated heterocycles. The van der Waals surface area contributed by atoms with Crippen molar-refractivity contribution in [3.63, 3.8) is 0 Å². The number of hydrogen-bond acceptors (Lipinski definition) is 5. The van der Waals surface area contributed by atoms with Gasteiger partial charge in [-0.15, -0.1) is 0 Å². The minimum absolute atomic E-state index is 0.174. The van der Waals surface area contributed by atoms with Crippen molar-refractivity contribution in [3.8, 4) is 22.8 Å². The molecule has 0 aliphatic heterocycles. The monoisotopic (exact) mass is 510 g/mol. The number of carboxylic acids is 1. The Kier molecular flexibility index (Phi) is 9.45. The van der Waals surface area contributed by atoms with Gasteiger partial charge in [0.15, 0.2) is 0 Å². The van der Waals surface area contributed by atoms with Gasteiger partial charge in [-0.05, 0) is 66.9 Å². The number of nitrogens with one attached hydrogen (secondary N) is 1. The van der Waals surface area contributed by atoms with E-state index in [1.54, 1.807) is 18.3 Å². The molecule has 1 atom stereocenters. The van der Waals surface area contributed by atoms with E-state index in [9.17, 15) is 14.7 Å². The van der Waals surface area contributed by atoms with Crippen LogP contribution in [0, 0.1) is 5.92 Å². The third kappa shape index (κ3) is 7.93. The van der Waals surface area contributed by atoms with E-state index in [4.69, 9.17) is 9.47 Å². The summed E-state index contributed by atoms with van der Waals surface area (Å²) in [4.78, 5) is 28.4. The molecule has 1 heterocycles. The molecular weight excluding hydrogens is 480 g/mol. The second-order valence-electron chi connectivity index (χ2n) is 8.73. The van der Waals surface area contributed by atoms with Crippen molar-refractivity contribution in [2.75, 3.05) is 19.8 Å². The van der Waals surface area contributed by atoms with Gasteiger partial charge in [0.25, 0.3) is 5.91 Å². The van der Waals surface area contributed by atoms with Crippen molar-refractivity contribution in [3.05, 3.63) is 114 Å². The van der Waals surface area contributed by atoms with Gasteiger partial charge in [-0.3, -0.25) is 14.6 Å². The Hall–Kier alpha value is -4.65. The lowest BCUT2D eigenvalue weighted by molar-refractivity contribution is -0.142. The minimum atomic E-state index is -0.843. The molecule has 7 nitrogen and oxygen atoms in total. The molecule has 38 heavy (non-hydrogen) atoms. The lowest BCUT2D eigenvalue weighted by Gasteiger charge is -2.14. The summed E-state index contributed by atoms with van der Waals surface area (Å²) in [6.45, 7) is 0.999. The van der Waals surface area contributed by atoms with Gasteiger partial charge in [-0.25, -0.2) is 0 Å². The van der Waals surface area contributed by atoms with Gasteiger partial charge in [-0.2, -0.15) is 0 Å². The molecule has 0 bridgehead atoms. The van der Waals surface area contributed by atoms with Crippen LogP contribution in [0.15, 0.2) is 103 Å². The van der Waals surface area contributed by atoms with Crippen molar-refractivity contribution >= 4 is 11.9 Å². The standard InChI is InChI=1S/C31H30N2O5/c34-30(25-13-11-24(12-14-25)29-8-4-5-18-32-29)33-19-21-38-28-15-9-23(10-16-28)22-26(31(35)36)17-20-37-27-6-2-1-3-7-27/h1-16,18,26H,17,19-22H2,(H,33,34)(H,35,36). The first kappa shape index (κ1) is 26.4. The number of carbonyl (C=O) groups excluding carboxylic acids is 1. The predicted molar refractivity (Wildman–Crippen MR) is 145 cm³/mol. The second kappa shape index (κ2) is 13.6. The van der Waals surface area contributed by atoms with Crippen LogP contribution in [-0.4, -0.2) is 41.7 Å². The molecule has 0 saturated carbocycles. The molecule has 0 radical (unpaired) electrons. The average Bonchev–Trinajstić information content (AvgIpc) is 2.96. The number of para-hydroxylation sites is 1. The van der Waals surface area contributed by atoms with Gasteiger partial charge >= 0.3 is 5.97 Å². The van der Waals surface area contributed by atoms with Gasteiger partial charge in [0, 0.05) is 17.3 Å². The number of carbonyl (C=O) groups is 2. The van der Waals surface area contributed by atoms with Crippen molar-refractivity contribution in [1.82, 2.24) is 10.3 Å². The molecule has 3 aromatic carbocycles. The molecular formula is C31H30N2O5. The first-order valence-corrected chi connectivity index (χ1v) is 12.5. The SMILES string of the molecule is O=C(NCCOc1ccc(CC(CCOc2ccccc2)C(=O)O)cc1)c1ccc(-c2ccccn2)cc1. The summed E-state index contributed by atoms with van der Waals surface area (Å²) in [5.41, 5.74) is 3.28. The Bertz CT molecular complexity index is 1290. The molecule has 0 aliphatic rings. The number of carboxylic acid groups (broad SMARTS) is 1. The number of pyridine rings is 1. The number of ether oxygens (including phenoxy) is 2. The Morgan fingerprint density at radius 3 is 2.16 bits per heavy atom. The maximum absolute atomic E-state index is 12.4. The fraction of sp³-hybridized carbons (Fsp3) is 0.194. The van der Waals surface area contributed by atoms with Crippen molar-refractivity contribution in [2.24, 2.45) is 5.92 Å². The Morgan fingerprint density at radius 2 is 1.47 bits per heavy atom. The van der Waals surface area contributed by atoms with Crippen LogP contribution in [0.25, 0.3) is 11.3 Å². The quantitative estimate of drug-likeness (QED) is 0.238. The Morgan fingerprint density at radius 1 is 0.789 bits per heavy atom. The van der Waals surface area contributed by atoms with E-state index >= 15 is 0 Å². The molecule has 7 heteroatoms. The zero-order valence-corrected chi connectivity index (χ0v) is 21.0. The predicted octanol–water partition coefficient (Wildman–Crippen LogP) is 5.27. The van der Waals surface area contributed by atoms with E-state index in [0.717, 1.165) is 22.6 Å². The molecule has 4 aromatic rings.